The van der Waals surface area contributed by atoms with E-state index in [4.69, 9.17) is 0 Å². The van der Waals surface area contributed by atoms with Crippen LogP contribution in [0.5, 0.6) is 0 Å². The molecule has 0 spiro atoms. The van der Waals surface area contributed by atoms with Crippen molar-refractivity contribution in [3.8, 4) is 0 Å². The lowest BCUT2D eigenvalue weighted by Gasteiger charge is -2.22. The maximum absolute atomic E-state index is 12.4. The summed E-state index contributed by atoms with van der Waals surface area (Å²) in [5.41, 5.74) is 0.130. The van der Waals surface area contributed by atoms with Crippen LogP contribution in [-0.2, 0) is 6.54 Å². The van der Waals surface area contributed by atoms with Gasteiger partial charge in [-0.25, -0.2) is 0 Å². The molecule has 1 saturated carbocycles. The van der Waals surface area contributed by atoms with Gasteiger partial charge in [0.2, 0.25) is 0 Å². The van der Waals surface area contributed by atoms with Gasteiger partial charge in [-0.05, 0) is 43.3 Å². The number of nitrogens with one attached hydrogen (secondary N) is 1. The summed E-state index contributed by atoms with van der Waals surface area (Å²) in [6.07, 6.45) is 9.68. The first-order chi connectivity index (χ1) is 10.3. The maximum Gasteiger partial charge on any atom is 0.258 e. The summed E-state index contributed by atoms with van der Waals surface area (Å²) in [6, 6.07) is 10.5. The van der Waals surface area contributed by atoms with E-state index in [1.54, 1.807) is 0 Å². The van der Waals surface area contributed by atoms with Crippen molar-refractivity contribution < 1.29 is 0 Å². The molecule has 0 bridgehead atoms. The van der Waals surface area contributed by atoms with Gasteiger partial charge in [-0.2, -0.15) is 0 Å². The average molecular weight is 284 g/mol. The molecular formula is C18H24N2O. The molecule has 1 N–H and O–H groups in total. The molecule has 112 valence electrons. The summed E-state index contributed by atoms with van der Waals surface area (Å²) < 4.78 is 1.84. The zero-order valence-corrected chi connectivity index (χ0v) is 12.6. The average Bonchev–Trinajstić information content (AvgIpc) is 2.55. The molecule has 1 heterocycles. The summed E-state index contributed by atoms with van der Waals surface area (Å²) >= 11 is 0. The fourth-order valence-corrected chi connectivity index (χ4v) is 3.27. The molecule has 1 aromatic carbocycles. The minimum absolute atomic E-state index is 0.130. The van der Waals surface area contributed by atoms with Crippen LogP contribution in [0.1, 0.15) is 38.5 Å². The van der Waals surface area contributed by atoms with Gasteiger partial charge in [0.25, 0.3) is 5.56 Å². The second kappa shape index (κ2) is 6.90. The summed E-state index contributed by atoms with van der Waals surface area (Å²) in [6.45, 7) is 1.80. The molecule has 21 heavy (non-hydrogen) atoms. The van der Waals surface area contributed by atoms with Crippen molar-refractivity contribution >= 4 is 10.8 Å². The summed E-state index contributed by atoms with van der Waals surface area (Å²) in [4.78, 5) is 12.4. The maximum atomic E-state index is 12.4. The van der Waals surface area contributed by atoms with E-state index in [1.807, 2.05) is 41.1 Å². The summed E-state index contributed by atoms with van der Waals surface area (Å²) in [5, 5.41) is 5.48. The third-order valence-corrected chi connectivity index (χ3v) is 4.50. The van der Waals surface area contributed by atoms with Crippen LogP contribution in [0.3, 0.4) is 0 Å². The first kappa shape index (κ1) is 14.3. The molecule has 0 unspecified atom stereocenters. The molecule has 1 aliphatic rings. The Balaban J connectivity index is 1.55. The Morgan fingerprint density at radius 1 is 1.10 bits per heavy atom. The summed E-state index contributed by atoms with van der Waals surface area (Å²) in [5.74, 6) is 0. The third kappa shape index (κ3) is 3.53. The molecule has 3 nitrogen and oxygen atoms in total. The van der Waals surface area contributed by atoms with Crippen LogP contribution in [0.25, 0.3) is 10.8 Å². The van der Waals surface area contributed by atoms with Crippen LogP contribution >= 0.6 is 0 Å². The second-order valence-corrected chi connectivity index (χ2v) is 6.04. The van der Waals surface area contributed by atoms with Gasteiger partial charge >= 0.3 is 0 Å². The molecule has 3 heteroatoms. The van der Waals surface area contributed by atoms with Crippen molar-refractivity contribution in [1.29, 1.82) is 0 Å². The SMILES string of the molecule is O=c1c2ccccc2ccn1CCCNC1CCCCC1. The van der Waals surface area contributed by atoms with Gasteiger partial charge in [0.15, 0.2) is 0 Å². The third-order valence-electron chi connectivity index (χ3n) is 4.50. The van der Waals surface area contributed by atoms with E-state index in [0.29, 0.717) is 6.04 Å². The number of hydrogen-bond donors (Lipinski definition) is 1. The van der Waals surface area contributed by atoms with Crippen LogP contribution < -0.4 is 10.9 Å². The number of fused-ring (bicyclic) bond motifs is 1. The first-order valence-corrected chi connectivity index (χ1v) is 8.16. The quantitative estimate of drug-likeness (QED) is 0.855. The van der Waals surface area contributed by atoms with Crippen LogP contribution in [0.15, 0.2) is 41.3 Å². The zero-order valence-electron chi connectivity index (χ0n) is 12.6. The number of pyridine rings is 1. The molecule has 1 fully saturated rings. The lowest BCUT2D eigenvalue weighted by molar-refractivity contribution is 0.368. The normalized spacial score (nSPS) is 16.4. The van der Waals surface area contributed by atoms with E-state index in [0.717, 1.165) is 30.3 Å². The topological polar surface area (TPSA) is 34.0 Å². The van der Waals surface area contributed by atoms with E-state index in [9.17, 15) is 4.79 Å². The number of nitrogens with zero attached hydrogens (tertiary/aromatic N) is 1. The fourth-order valence-electron chi connectivity index (χ4n) is 3.27. The van der Waals surface area contributed by atoms with E-state index < -0.39 is 0 Å². The molecule has 0 atom stereocenters. The van der Waals surface area contributed by atoms with Crippen LogP contribution in [-0.4, -0.2) is 17.2 Å². The van der Waals surface area contributed by atoms with Gasteiger partial charge in [0, 0.05) is 24.2 Å². The fraction of sp³-hybridized carbons (Fsp3) is 0.500. The smallest absolute Gasteiger partial charge is 0.258 e. The molecule has 2 aromatic rings. The number of aromatic nitrogens is 1. The number of aryl methyl sites for hydroxylation is 1. The van der Waals surface area contributed by atoms with Crippen molar-refractivity contribution in [2.75, 3.05) is 6.54 Å². The van der Waals surface area contributed by atoms with Crippen molar-refractivity contribution in [1.82, 2.24) is 9.88 Å². The van der Waals surface area contributed by atoms with E-state index in [1.165, 1.54) is 32.1 Å². The van der Waals surface area contributed by atoms with E-state index in [-0.39, 0.29) is 5.56 Å². The molecular weight excluding hydrogens is 260 g/mol. The highest BCUT2D eigenvalue weighted by Crippen LogP contribution is 2.17. The Hall–Kier alpha value is -1.61. The summed E-state index contributed by atoms with van der Waals surface area (Å²) in [7, 11) is 0. The monoisotopic (exact) mass is 284 g/mol. The lowest BCUT2D eigenvalue weighted by atomic mass is 9.95. The Morgan fingerprint density at radius 3 is 2.76 bits per heavy atom. The highest BCUT2D eigenvalue weighted by molar-refractivity contribution is 5.81. The lowest BCUT2D eigenvalue weighted by Crippen LogP contribution is -2.32. The second-order valence-electron chi connectivity index (χ2n) is 6.04. The molecule has 1 aliphatic carbocycles. The Morgan fingerprint density at radius 2 is 1.90 bits per heavy atom. The predicted octanol–water partition coefficient (Wildman–Crippen LogP) is 3.31. The molecule has 3 rings (SSSR count). The highest BCUT2D eigenvalue weighted by atomic mass is 16.1. The first-order valence-electron chi connectivity index (χ1n) is 8.16. The van der Waals surface area contributed by atoms with Gasteiger partial charge < -0.3 is 9.88 Å². The van der Waals surface area contributed by atoms with Crippen molar-refractivity contribution in [3.05, 3.63) is 46.9 Å². The molecule has 0 radical (unpaired) electrons. The number of hydrogen-bond acceptors (Lipinski definition) is 2. The van der Waals surface area contributed by atoms with Crippen molar-refractivity contribution in [3.63, 3.8) is 0 Å². The van der Waals surface area contributed by atoms with Gasteiger partial charge in [0.05, 0.1) is 0 Å². The van der Waals surface area contributed by atoms with Gasteiger partial charge in [0.1, 0.15) is 0 Å². The van der Waals surface area contributed by atoms with E-state index >= 15 is 0 Å². The van der Waals surface area contributed by atoms with E-state index in [2.05, 4.69) is 5.32 Å². The zero-order chi connectivity index (χ0) is 14.5. The minimum atomic E-state index is 0.130. The molecule has 0 aliphatic heterocycles. The van der Waals surface area contributed by atoms with Gasteiger partial charge in [-0.1, -0.05) is 37.5 Å². The predicted molar refractivity (Wildman–Crippen MR) is 87.7 cm³/mol. The van der Waals surface area contributed by atoms with Gasteiger partial charge in [-0.15, -0.1) is 0 Å². The largest absolute Gasteiger partial charge is 0.315 e. The molecule has 1 aromatic heterocycles. The van der Waals surface area contributed by atoms with Crippen LogP contribution in [0.4, 0.5) is 0 Å². The molecule has 0 saturated heterocycles. The Labute approximate surface area is 126 Å². The number of rotatable bonds is 5. The molecule has 0 amide bonds. The van der Waals surface area contributed by atoms with Crippen molar-refractivity contribution in [2.24, 2.45) is 0 Å². The van der Waals surface area contributed by atoms with Gasteiger partial charge in [-0.3, -0.25) is 4.79 Å². The highest BCUT2D eigenvalue weighted by Gasteiger charge is 2.11. The Kier molecular flexibility index (Phi) is 4.71. The number of benzene rings is 1. The van der Waals surface area contributed by atoms with Crippen LogP contribution in [0, 0.1) is 0 Å². The van der Waals surface area contributed by atoms with Crippen molar-refractivity contribution in [2.45, 2.75) is 51.1 Å². The Bertz CT molecular complexity index is 641. The minimum Gasteiger partial charge on any atom is -0.315 e. The standard InChI is InChI=1S/C18H24N2O/c21-18-17-10-5-4-7-15(17)11-14-20(18)13-6-12-19-16-8-2-1-3-9-16/h4-5,7,10-11,14,16,19H,1-3,6,8-9,12-13H2. The van der Waals surface area contributed by atoms with Crippen LogP contribution in [0.2, 0.25) is 0 Å².